The first kappa shape index (κ1) is 5.63. The van der Waals surface area contributed by atoms with Gasteiger partial charge in [-0.25, -0.2) is 0 Å². The first-order valence-corrected chi connectivity index (χ1v) is 2.05. The van der Waals surface area contributed by atoms with Crippen LogP contribution < -0.4 is 5.32 Å². The largest absolute Gasteiger partial charge is 0.299 e. The van der Waals surface area contributed by atoms with Gasteiger partial charge in [0, 0.05) is 0 Å². The summed E-state index contributed by atoms with van der Waals surface area (Å²) in [6, 6.07) is 0. The van der Waals surface area contributed by atoms with Crippen LogP contribution in [0, 0.1) is 0 Å². The Hall–Kier alpha value is -0.370. The Morgan fingerprint density at radius 2 is 2.50 bits per heavy atom. The third-order valence-electron chi connectivity index (χ3n) is 0.474. The average Bonchev–Trinajstić information content (AvgIpc) is 1.61. The van der Waals surface area contributed by atoms with Gasteiger partial charge in [-0.2, -0.15) is 0 Å². The lowest BCUT2D eigenvalue weighted by molar-refractivity contribution is 0.747. The first-order chi connectivity index (χ1) is 2.91. The summed E-state index contributed by atoms with van der Waals surface area (Å²) >= 11 is 0. The number of rotatable bonds is 3. The van der Waals surface area contributed by atoms with E-state index in [2.05, 4.69) is 17.0 Å². The van der Waals surface area contributed by atoms with Crippen LogP contribution in [0.1, 0.15) is 6.92 Å². The summed E-state index contributed by atoms with van der Waals surface area (Å²) in [6.07, 6.45) is 0. The van der Waals surface area contributed by atoms with Gasteiger partial charge in [-0.15, -0.1) is 0 Å². The van der Waals surface area contributed by atoms with Gasteiger partial charge in [0.2, 0.25) is 0 Å². The predicted molar refractivity (Wildman–Crippen MR) is 28.1 cm³/mol. The summed E-state index contributed by atoms with van der Waals surface area (Å²) in [5.41, 5.74) is 0. The van der Waals surface area contributed by atoms with Crippen molar-refractivity contribution in [3.63, 3.8) is 0 Å². The lowest BCUT2D eigenvalue weighted by Gasteiger charge is -1.88. The van der Waals surface area contributed by atoms with Gasteiger partial charge in [0.1, 0.15) is 0 Å². The fourth-order valence-corrected chi connectivity index (χ4v) is 0.191. The highest BCUT2D eigenvalue weighted by atomic mass is 15.0. The van der Waals surface area contributed by atoms with Gasteiger partial charge in [-0.3, -0.25) is 10.3 Å². The summed E-state index contributed by atoms with van der Waals surface area (Å²) in [7, 11) is 0. The van der Waals surface area contributed by atoms with Crippen LogP contribution in [0.2, 0.25) is 0 Å². The van der Waals surface area contributed by atoms with Crippen molar-refractivity contribution in [2.75, 3.05) is 13.2 Å². The summed E-state index contributed by atoms with van der Waals surface area (Å²) in [4.78, 5) is 3.56. The Bertz CT molecular complexity index is 34.5. The number of hydrogen-bond donors (Lipinski definition) is 1. The smallest absolute Gasteiger partial charge is 0.0877 e. The summed E-state index contributed by atoms with van der Waals surface area (Å²) in [5, 5.41) is 2.97. The van der Waals surface area contributed by atoms with Crippen LogP contribution in [0.5, 0.6) is 0 Å². The van der Waals surface area contributed by atoms with Crippen molar-refractivity contribution in [1.29, 1.82) is 0 Å². The van der Waals surface area contributed by atoms with E-state index in [1.54, 1.807) is 0 Å². The van der Waals surface area contributed by atoms with Crippen molar-refractivity contribution in [2.24, 2.45) is 4.99 Å². The molecule has 0 fully saturated rings. The van der Waals surface area contributed by atoms with Crippen molar-refractivity contribution in [2.45, 2.75) is 6.92 Å². The minimum absolute atomic E-state index is 0.677. The van der Waals surface area contributed by atoms with E-state index in [0.717, 1.165) is 6.54 Å². The van der Waals surface area contributed by atoms with Crippen LogP contribution >= 0.6 is 0 Å². The molecule has 0 heterocycles. The molecular weight excluding hydrogens is 76.1 g/mol. The fourth-order valence-electron chi connectivity index (χ4n) is 0.191. The van der Waals surface area contributed by atoms with Gasteiger partial charge in [0.05, 0.1) is 6.67 Å². The molecule has 0 aromatic rings. The molecule has 6 heavy (non-hydrogen) atoms. The molecule has 0 aliphatic carbocycles. The zero-order valence-electron chi connectivity index (χ0n) is 4.07. The van der Waals surface area contributed by atoms with E-state index in [-0.39, 0.29) is 0 Å². The minimum Gasteiger partial charge on any atom is -0.299 e. The third kappa shape index (κ3) is 3.63. The monoisotopic (exact) mass is 86.1 g/mol. The molecule has 0 aromatic carbocycles. The maximum atomic E-state index is 3.56. The van der Waals surface area contributed by atoms with Crippen molar-refractivity contribution >= 4 is 6.72 Å². The molecular formula is C4H10N2. The lowest BCUT2D eigenvalue weighted by atomic mass is 10.8. The Morgan fingerprint density at radius 1 is 1.83 bits per heavy atom. The van der Waals surface area contributed by atoms with E-state index in [1.807, 2.05) is 6.92 Å². The molecule has 0 spiro atoms. The van der Waals surface area contributed by atoms with Gasteiger partial charge in [-0.1, -0.05) is 6.92 Å². The second-order valence-corrected chi connectivity index (χ2v) is 0.985. The SMILES string of the molecule is C=NCNCC. The van der Waals surface area contributed by atoms with Crippen molar-refractivity contribution in [3.05, 3.63) is 0 Å². The molecule has 0 unspecified atom stereocenters. The first-order valence-electron chi connectivity index (χ1n) is 2.05. The van der Waals surface area contributed by atoms with Crippen LogP contribution in [0.4, 0.5) is 0 Å². The van der Waals surface area contributed by atoms with Gasteiger partial charge < -0.3 is 0 Å². The predicted octanol–water partition coefficient (Wildman–Crippen LogP) is 0.254. The Labute approximate surface area is 38.3 Å². The quantitative estimate of drug-likeness (QED) is 0.386. The maximum absolute atomic E-state index is 3.56. The molecule has 0 amide bonds. The Balaban J connectivity index is 2.49. The highest BCUT2D eigenvalue weighted by molar-refractivity contribution is 5.22. The molecule has 0 aromatic heterocycles. The zero-order valence-corrected chi connectivity index (χ0v) is 4.07. The van der Waals surface area contributed by atoms with Crippen LogP contribution in [-0.4, -0.2) is 19.9 Å². The second kappa shape index (κ2) is 4.63. The summed E-state index contributed by atoms with van der Waals surface area (Å²) in [6.45, 7) is 6.97. The highest BCUT2D eigenvalue weighted by Crippen LogP contribution is 1.53. The van der Waals surface area contributed by atoms with Crippen molar-refractivity contribution in [3.8, 4) is 0 Å². The Morgan fingerprint density at radius 3 is 2.67 bits per heavy atom. The van der Waals surface area contributed by atoms with Gasteiger partial charge in [0.15, 0.2) is 0 Å². The number of nitrogens with zero attached hydrogens (tertiary/aromatic N) is 1. The second-order valence-electron chi connectivity index (χ2n) is 0.985. The van der Waals surface area contributed by atoms with E-state index < -0.39 is 0 Å². The normalized spacial score (nSPS) is 8.17. The van der Waals surface area contributed by atoms with E-state index in [1.165, 1.54) is 0 Å². The van der Waals surface area contributed by atoms with E-state index in [0.29, 0.717) is 6.67 Å². The van der Waals surface area contributed by atoms with E-state index >= 15 is 0 Å². The third-order valence-corrected chi connectivity index (χ3v) is 0.474. The molecule has 0 aliphatic heterocycles. The summed E-state index contributed by atoms with van der Waals surface area (Å²) < 4.78 is 0. The van der Waals surface area contributed by atoms with Crippen LogP contribution in [0.3, 0.4) is 0 Å². The van der Waals surface area contributed by atoms with Gasteiger partial charge >= 0.3 is 0 Å². The van der Waals surface area contributed by atoms with Gasteiger partial charge in [0.25, 0.3) is 0 Å². The fraction of sp³-hybridized carbons (Fsp3) is 0.750. The Kier molecular flexibility index (Phi) is 4.34. The van der Waals surface area contributed by atoms with Gasteiger partial charge in [-0.05, 0) is 13.3 Å². The minimum atomic E-state index is 0.677. The van der Waals surface area contributed by atoms with Crippen molar-refractivity contribution in [1.82, 2.24) is 5.32 Å². The molecule has 2 nitrogen and oxygen atoms in total. The molecule has 2 heteroatoms. The topological polar surface area (TPSA) is 24.4 Å². The lowest BCUT2D eigenvalue weighted by Crippen LogP contribution is -2.11. The molecule has 0 aliphatic rings. The molecule has 36 valence electrons. The highest BCUT2D eigenvalue weighted by Gasteiger charge is 1.66. The van der Waals surface area contributed by atoms with Crippen molar-refractivity contribution < 1.29 is 0 Å². The molecule has 0 rings (SSSR count). The van der Waals surface area contributed by atoms with Crippen LogP contribution in [-0.2, 0) is 0 Å². The molecule has 0 atom stereocenters. The molecule has 0 radical (unpaired) electrons. The van der Waals surface area contributed by atoms with E-state index in [4.69, 9.17) is 0 Å². The molecule has 0 saturated carbocycles. The molecule has 1 N–H and O–H groups in total. The van der Waals surface area contributed by atoms with Crippen LogP contribution in [0.25, 0.3) is 0 Å². The standard InChI is InChI=1S/C4H10N2/c1-3-6-4-5-2/h6H,2-4H2,1H3. The average molecular weight is 86.1 g/mol. The summed E-state index contributed by atoms with van der Waals surface area (Å²) in [5.74, 6) is 0. The molecule has 0 saturated heterocycles. The maximum Gasteiger partial charge on any atom is 0.0877 e. The number of nitrogens with one attached hydrogen (secondary N) is 1. The zero-order chi connectivity index (χ0) is 4.83. The number of aliphatic imine (C=N–C) groups is 1. The molecule has 0 bridgehead atoms. The van der Waals surface area contributed by atoms with Crippen LogP contribution in [0.15, 0.2) is 4.99 Å². The number of hydrogen-bond acceptors (Lipinski definition) is 2. The van der Waals surface area contributed by atoms with E-state index in [9.17, 15) is 0 Å².